The Morgan fingerprint density at radius 2 is 2.09 bits per heavy atom. The molecule has 1 N–H and O–H groups in total. The summed E-state index contributed by atoms with van der Waals surface area (Å²) >= 11 is 0. The average Bonchev–Trinajstić information content (AvgIpc) is 2.52. The SMILES string of the molecule is C\C=C(C=O)/C(C(/C)=C\C=C\CC)=C(/C)N1CCNC(C)C1. The van der Waals surface area contributed by atoms with Crippen molar-refractivity contribution in [3.63, 3.8) is 0 Å². The van der Waals surface area contributed by atoms with E-state index in [-0.39, 0.29) is 0 Å². The molecule has 1 aliphatic heterocycles. The topological polar surface area (TPSA) is 32.3 Å². The van der Waals surface area contributed by atoms with E-state index < -0.39 is 0 Å². The first kappa shape index (κ1) is 18.4. The van der Waals surface area contributed by atoms with Gasteiger partial charge in [-0.25, -0.2) is 0 Å². The van der Waals surface area contributed by atoms with Crippen LogP contribution >= 0.6 is 0 Å². The van der Waals surface area contributed by atoms with Crippen molar-refractivity contribution in [1.82, 2.24) is 10.2 Å². The number of hydrogen-bond donors (Lipinski definition) is 1. The molecule has 122 valence electrons. The van der Waals surface area contributed by atoms with Crippen molar-refractivity contribution in [3.05, 3.63) is 46.7 Å². The van der Waals surface area contributed by atoms with Crippen molar-refractivity contribution >= 4 is 6.29 Å². The highest BCUT2D eigenvalue weighted by molar-refractivity contribution is 5.83. The first-order valence-electron chi connectivity index (χ1n) is 8.19. The highest BCUT2D eigenvalue weighted by atomic mass is 16.1. The average molecular weight is 302 g/mol. The molecule has 0 aromatic heterocycles. The van der Waals surface area contributed by atoms with Crippen molar-refractivity contribution in [1.29, 1.82) is 0 Å². The minimum absolute atomic E-state index is 0.472. The van der Waals surface area contributed by atoms with Gasteiger partial charge in [0.1, 0.15) is 6.29 Å². The van der Waals surface area contributed by atoms with Crippen molar-refractivity contribution < 1.29 is 4.79 Å². The summed E-state index contributed by atoms with van der Waals surface area (Å²) in [7, 11) is 0. The molecule has 0 amide bonds. The van der Waals surface area contributed by atoms with E-state index in [4.69, 9.17) is 0 Å². The quantitative estimate of drug-likeness (QED) is 0.462. The Hall–Kier alpha value is -1.61. The number of hydrogen-bond acceptors (Lipinski definition) is 3. The summed E-state index contributed by atoms with van der Waals surface area (Å²) in [6, 6.07) is 0.472. The van der Waals surface area contributed by atoms with Crippen molar-refractivity contribution in [2.45, 2.75) is 47.1 Å². The maximum Gasteiger partial charge on any atom is 0.150 e. The molecule has 1 heterocycles. The number of nitrogens with zero attached hydrogens (tertiary/aromatic N) is 1. The number of carbonyl (C=O) groups is 1. The van der Waals surface area contributed by atoms with Gasteiger partial charge in [0.25, 0.3) is 0 Å². The summed E-state index contributed by atoms with van der Waals surface area (Å²) in [5, 5.41) is 3.46. The van der Waals surface area contributed by atoms with E-state index in [0.29, 0.717) is 6.04 Å². The molecular formula is C19H30N2O. The van der Waals surface area contributed by atoms with Gasteiger partial charge in [0.2, 0.25) is 0 Å². The second kappa shape index (κ2) is 9.42. The Balaban J connectivity index is 3.23. The van der Waals surface area contributed by atoms with E-state index >= 15 is 0 Å². The highest BCUT2D eigenvalue weighted by Crippen LogP contribution is 2.25. The molecule has 0 aliphatic carbocycles. The van der Waals surface area contributed by atoms with E-state index in [0.717, 1.165) is 49.1 Å². The smallest absolute Gasteiger partial charge is 0.150 e. The van der Waals surface area contributed by atoms with E-state index in [1.54, 1.807) is 0 Å². The molecule has 0 spiro atoms. The molecule has 22 heavy (non-hydrogen) atoms. The largest absolute Gasteiger partial charge is 0.372 e. The predicted molar refractivity (Wildman–Crippen MR) is 94.7 cm³/mol. The normalized spacial score (nSPS) is 22.0. The molecule has 0 aromatic carbocycles. The van der Waals surface area contributed by atoms with Crippen LogP contribution in [0.15, 0.2) is 46.7 Å². The van der Waals surface area contributed by atoms with Gasteiger partial charge >= 0.3 is 0 Å². The fraction of sp³-hybridized carbons (Fsp3) is 0.526. The second-order valence-electron chi connectivity index (χ2n) is 5.81. The van der Waals surface area contributed by atoms with E-state index in [9.17, 15) is 4.79 Å². The van der Waals surface area contributed by atoms with Crippen LogP contribution in [0.3, 0.4) is 0 Å². The van der Waals surface area contributed by atoms with Gasteiger partial charge in [0.15, 0.2) is 0 Å². The Bertz CT molecular complexity index is 498. The first-order chi connectivity index (χ1) is 10.5. The van der Waals surface area contributed by atoms with Crippen LogP contribution in [0, 0.1) is 0 Å². The van der Waals surface area contributed by atoms with Gasteiger partial charge in [0.05, 0.1) is 0 Å². The standard InChI is InChI=1S/C19H30N2O/c1-6-8-9-10-15(3)19(18(7-2)14-22)17(5)21-12-11-20-16(4)13-21/h7-10,14,16,20H,6,11-13H2,1-5H3/b9-8+,15-10-,18-7-,19-17-. The minimum Gasteiger partial charge on any atom is -0.372 e. The zero-order valence-electron chi connectivity index (χ0n) is 14.6. The third kappa shape index (κ3) is 4.99. The Kier molecular flexibility index (Phi) is 7.89. The van der Waals surface area contributed by atoms with Crippen LogP contribution in [0.25, 0.3) is 0 Å². The molecule has 3 heteroatoms. The van der Waals surface area contributed by atoms with Gasteiger partial charge in [0, 0.05) is 42.5 Å². The lowest BCUT2D eigenvalue weighted by molar-refractivity contribution is -0.104. The predicted octanol–water partition coefficient (Wildman–Crippen LogP) is 3.61. The van der Waals surface area contributed by atoms with Crippen LogP contribution in [0.2, 0.25) is 0 Å². The Morgan fingerprint density at radius 1 is 1.36 bits per heavy atom. The number of nitrogens with one attached hydrogen (secondary N) is 1. The number of piperazine rings is 1. The van der Waals surface area contributed by atoms with Crippen LogP contribution in [-0.4, -0.2) is 36.9 Å². The van der Waals surface area contributed by atoms with E-state index in [1.807, 2.05) is 13.0 Å². The monoisotopic (exact) mass is 302 g/mol. The summed E-state index contributed by atoms with van der Waals surface area (Å²) < 4.78 is 0. The lowest BCUT2D eigenvalue weighted by Gasteiger charge is -2.35. The molecule has 1 aliphatic rings. The Labute approximate surface area is 135 Å². The minimum atomic E-state index is 0.472. The van der Waals surface area contributed by atoms with Gasteiger partial charge in [-0.3, -0.25) is 4.79 Å². The maximum absolute atomic E-state index is 11.5. The fourth-order valence-electron chi connectivity index (χ4n) is 2.82. The Morgan fingerprint density at radius 3 is 2.64 bits per heavy atom. The van der Waals surface area contributed by atoms with Crippen LogP contribution < -0.4 is 5.32 Å². The van der Waals surface area contributed by atoms with E-state index in [1.165, 1.54) is 5.70 Å². The van der Waals surface area contributed by atoms with Gasteiger partial charge in [-0.05, 0) is 39.7 Å². The van der Waals surface area contributed by atoms with Gasteiger partial charge < -0.3 is 10.2 Å². The third-order valence-electron chi connectivity index (χ3n) is 4.04. The molecule has 0 bridgehead atoms. The summed E-state index contributed by atoms with van der Waals surface area (Å²) in [4.78, 5) is 13.9. The molecule has 1 unspecified atom stereocenters. The van der Waals surface area contributed by atoms with E-state index in [2.05, 4.69) is 56.1 Å². The van der Waals surface area contributed by atoms with Crippen LogP contribution in [0.1, 0.15) is 41.0 Å². The zero-order valence-corrected chi connectivity index (χ0v) is 14.6. The highest BCUT2D eigenvalue weighted by Gasteiger charge is 2.19. The van der Waals surface area contributed by atoms with Gasteiger partial charge in [-0.2, -0.15) is 0 Å². The zero-order chi connectivity index (χ0) is 16.5. The third-order valence-corrected chi connectivity index (χ3v) is 4.04. The van der Waals surface area contributed by atoms with Gasteiger partial charge in [-0.15, -0.1) is 0 Å². The number of allylic oxidation sites excluding steroid dienone is 8. The number of aldehydes is 1. The first-order valence-corrected chi connectivity index (χ1v) is 8.19. The molecule has 0 radical (unpaired) electrons. The van der Waals surface area contributed by atoms with Crippen LogP contribution in [-0.2, 0) is 4.79 Å². The summed E-state index contributed by atoms with van der Waals surface area (Å²) in [5.41, 5.74) is 4.15. The van der Waals surface area contributed by atoms with Crippen LogP contribution in [0.5, 0.6) is 0 Å². The molecule has 0 saturated carbocycles. The summed E-state index contributed by atoms with van der Waals surface area (Å²) in [5.74, 6) is 0. The second-order valence-corrected chi connectivity index (χ2v) is 5.81. The summed E-state index contributed by atoms with van der Waals surface area (Å²) in [6.07, 6.45) is 10.2. The van der Waals surface area contributed by atoms with Crippen molar-refractivity contribution in [2.24, 2.45) is 0 Å². The number of carbonyl (C=O) groups excluding carboxylic acids is 1. The fourth-order valence-corrected chi connectivity index (χ4v) is 2.82. The molecular weight excluding hydrogens is 272 g/mol. The molecule has 0 aromatic rings. The molecule has 1 atom stereocenters. The van der Waals surface area contributed by atoms with Gasteiger partial charge in [-0.1, -0.05) is 31.2 Å². The lowest BCUT2D eigenvalue weighted by Crippen LogP contribution is -2.48. The van der Waals surface area contributed by atoms with Crippen molar-refractivity contribution in [2.75, 3.05) is 19.6 Å². The van der Waals surface area contributed by atoms with Crippen molar-refractivity contribution in [3.8, 4) is 0 Å². The molecule has 1 rings (SSSR count). The van der Waals surface area contributed by atoms with Crippen LogP contribution in [0.4, 0.5) is 0 Å². The molecule has 1 saturated heterocycles. The lowest BCUT2D eigenvalue weighted by atomic mass is 9.96. The number of rotatable bonds is 6. The summed E-state index contributed by atoms with van der Waals surface area (Å²) in [6.45, 7) is 13.4. The maximum atomic E-state index is 11.5. The molecule has 1 fully saturated rings. The molecule has 3 nitrogen and oxygen atoms in total.